The average Bonchev–Trinajstić information content (AvgIpc) is 2.66. The van der Waals surface area contributed by atoms with Crippen LogP contribution in [0.2, 0.25) is 0 Å². The van der Waals surface area contributed by atoms with E-state index < -0.39 is 0 Å². The maximum Gasteiger partial charge on any atom is 0.203 e. The predicted octanol–water partition coefficient (Wildman–Crippen LogP) is 4.32. The topological polar surface area (TPSA) is 54.0 Å². The minimum Gasteiger partial charge on any atom is -0.496 e. The Kier molecular flexibility index (Phi) is 6.67. The van der Waals surface area contributed by atoms with Crippen LogP contribution in [0.5, 0.6) is 23.0 Å². The highest BCUT2D eigenvalue weighted by Gasteiger charge is 2.14. The van der Waals surface area contributed by atoms with Crippen LogP contribution in [0.25, 0.3) is 6.08 Å². The second-order valence-corrected chi connectivity index (χ2v) is 5.59. The van der Waals surface area contributed by atoms with Crippen LogP contribution in [0.1, 0.15) is 28.4 Å². The fraction of sp³-hybridized carbons (Fsp3) is 0.286. The number of allylic oxidation sites excluding steroid dienone is 1. The van der Waals surface area contributed by atoms with Crippen molar-refractivity contribution in [1.82, 2.24) is 0 Å². The molecule has 0 aromatic heterocycles. The summed E-state index contributed by atoms with van der Waals surface area (Å²) in [6, 6.07) is 9.10. The molecule has 26 heavy (non-hydrogen) atoms. The van der Waals surface area contributed by atoms with Gasteiger partial charge in [-0.15, -0.1) is 0 Å². The van der Waals surface area contributed by atoms with E-state index in [4.69, 9.17) is 18.9 Å². The van der Waals surface area contributed by atoms with Crippen molar-refractivity contribution in [3.05, 3.63) is 53.1 Å². The number of aryl methyl sites for hydroxylation is 1. The van der Waals surface area contributed by atoms with Crippen LogP contribution in [-0.2, 0) is 0 Å². The van der Waals surface area contributed by atoms with Crippen molar-refractivity contribution in [3.8, 4) is 23.0 Å². The number of benzene rings is 2. The standard InChI is InChI=1S/C21H24O5/c1-6-26-21-19(24-4)12-15(13-20(21)25-5)8-9-17(22)16-11-14(2)7-10-18(16)23-3/h7-13H,6H2,1-5H3/b9-8+. The third-order valence-electron chi connectivity index (χ3n) is 3.82. The van der Waals surface area contributed by atoms with Crippen molar-refractivity contribution in [1.29, 1.82) is 0 Å². The summed E-state index contributed by atoms with van der Waals surface area (Å²) in [4.78, 5) is 12.6. The summed E-state index contributed by atoms with van der Waals surface area (Å²) in [5.74, 6) is 2.05. The van der Waals surface area contributed by atoms with Crippen molar-refractivity contribution in [3.63, 3.8) is 0 Å². The molecule has 0 aliphatic rings. The third-order valence-corrected chi connectivity index (χ3v) is 3.82. The number of ketones is 1. The minimum atomic E-state index is -0.141. The Morgan fingerprint density at radius 1 is 0.962 bits per heavy atom. The molecule has 138 valence electrons. The van der Waals surface area contributed by atoms with E-state index in [-0.39, 0.29) is 5.78 Å². The van der Waals surface area contributed by atoms with E-state index in [0.717, 1.165) is 11.1 Å². The zero-order chi connectivity index (χ0) is 19.1. The van der Waals surface area contributed by atoms with Gasteiger partial charge in [0.2, 0.25) is 5.75 Å². The zero-order valence-corrected chi connectivity index (χ0v) is 15.8. The second-order valence-electron chi connectivity index (χ2n) is 5.59. The highest BCUT2D eigenvalue weighted by atomic mass is 16.5. The van der Waals surface area contributed by atoms with E-state index in [1.807, 2.05) is 26.0 Å². The van der Waals surface area contributed by atoms with Crippen LogP contribution in [0.15, 0.2) is 36.4 Å². The molecule has 2 aromatic carbocycles. The van der Waals surface area contributed by atoms with E-state index in [1.165, 1.54) is 6.08 Å². The molecule has 0 radical (unpaired) electrons. The van der Waals surface area contributed by atoms with Crippen molar-refractivity contribution in [2.75, 3.05) is 27.9 Å². The molecule has 0 spiro atoms. The summed E-state index contributed by atoms with van der Waals surface area (Å²) in [5.41, 5.74) is 2.28. The SMILES string of the molecule is CCOc1c(OC)cc(/C=C/C(=O)c2cc(C)ccc2OC)cc1OC. The lowest BCUT2D eigenvalue weighted by molar-refractivity contribution is 0.104. The first kappa shape index (κ1) is 19.4. The Morgan fingerprint density at radius 3 is 2.12 bits per heavy atom. The molecule has 0 aliphatic carbocycles. The molecule has 0 saturated carbocycles. The maximum absolute atomic E-state index is 12.6. The first-order chi connectivity index (χ1) is 12.5. The Morgan fingerprint density at radius 2 is 1.58 bits per heavy atom. The van der Waals surface area contributed by atoms with Crippen molar-refractivity contribution >= 4 is 11.9 Å². The smallest absolute Gasteiger partial charge is 0.203 e. The number of methoxy groups -OCH3 is 3. The molecular weight excluding hydrogens is 332 g/mol. The molecule has 0 amide bonds. The van der Waals surface area contributed by atoms with Crippen LogP contribution in [-0.4, -0.2) is 33.7 Å². The molecular formula is C21H24O5. The molecule has 5 heteroatoms. The fourth-order valence-corrected chi connectivity index (χ4v) is 2.56. The Hall–Kier alpha value is -2.95. The van der Waals surface area contributed by atoms with Gasteiger partial charge < -0.3 is 18.9 Å². The highest BCUT2D eigenvalue weighted by Crippen LogP contribution is 2.39. The lowest BCUT2D eigenvalue weighted by Gasteiger charge is -2.14. The molecule has 0 aliphatic heterocycles. The van der Waals surface area contributed by atoms with Crippen LogP contribution in [0.3, 0.4) is 0 Å². The molecule has 2 rings (SSSR count). The lowest BCUT2D eigenvalue weighted by Crippen LogP contribution is -2.00. The first-order valence-electron chi connectivity index (χ1n) is 8.29. The summed E-state index contributed by atoms with van der Waals surface area (Å²) in [6.07, 6.45) is 3.22. The van der Waals surface area contributed by atoms with Gasteiger partial charge in [-0.2, -0.15) is 0 Å². The lowest BCUT2D eigenvalue weighted by atomic mass is 10.0. The number of hydrogen-bond donors (Lipinski definition) is 0. The van der Waals surface area contributed by atoms with Gasteiger partial charge in [0.1, 0.15) is 5.75 Å². The summed E-state index contributed by atoms with van der Waals surface area (Å²) < 4.78 is 21.6. The monoisotopic (exact) mass is 356 g/mol. The van der Waals surface area contributed by atoms with Crippen LogP contribution in [0.4, 0.5) is 0 Å². The number of hydrogen-bond acceptors (Lipinski definition) is 5. The Bertz CT molecular complexity index is 783. The van der Waals surface area contributed by atoms with Crippen molar-refractivity contribution < 1.29 is 23.7 Å². The largest absolute Gasteiger partial charge is 0.496 e. The van der Waals surface area contributed by atoms with Gasteiger partial charge in [-0.05, 0) is 49.8 Å². The summed E-state index contributed by atoms with van der Waals surface area (Å²) >= 11 is 0. The van der Waals surface area contributed by atoms with E-state index in [0.29, 0.717) is 35.2 Å². The summed E-state index contributed by atoms with van der Waals surface area (Å²) in [6.45, 7) is 4.32. The summed E-state index contributed by atoms with van der Waals surface area (Å²) in [7, 11) is 4.68. The molecule has 2 aromatic rings. The number of rotatable bonds is 8. The molecule has 0 bridgehead atoms. The number of ether oxygens (including phenoxy) is 4. The van der Waals surface area contributed by atoms with E-state index >= 15 is 0 Å². The van der Waals surface area contributed by atoms with Gasteiger partial charge in [0.05, 0.1) is 33.5 Å². The van der Waals surface area contributed by atoms with Gasteiger partial charge in [-0.1, -0.05) is 17.7 Å². The van der Waals surface area contributed by atoms with Gasteiger partial charge in [-0.3, -0.25) is 4.79 Å². The molecule has 0 atom stereocenters. The molecule has 5 nitrogen and oxygen atoms in total. The van der Waals surface area contributed by atoms with E-state index in [1.54, 1.807) is 45.6 Å². The molecule has 0 saturated heterocycles. The first-order valence-corrected chi connectivity index (χ1v) is 8.29. The average molecular weight is 356 g/mol. The quantitative estimate of drug-likeness (QED) is 0.521. The van der Waals surface area contributed by atoms with Crippen molar-refractivity contribution in [2.45, 2.75) is 13.8 Å². The van der Waals surface area contributed by atoms with E-state index in [9.17, 15) is 4.79 Å². The molecule has 0 N–H and O–H groups in total. The fourth-order valence-electron chi connectivity index (χ4n) is 2.56. The van der Waals surface area contributed by atoms with Crippen LogP contribution < -0.4 is 18.9 Å². The second kappa shape index (κ2) is 8.94. The maximum atomic E-state index is 12.6. The predicted molar refractivity (Wildman–Crippen MR) is 102 cm³/mol. The van der Waals surface area contributed by atoms with Gasteiger partial charge >= 0.3 is 0 Å². The van der Waals surface area contributed by atoms with Crippen LogP contribution in [0, 0.1) is 6.92 Å². The highest BCUT2D eigenvalue weighted by molar-refractivity contribution is 6.08. The zero-order valence-electron chi connectivity index (χ0n) is 15.8. The van der Waals surface area contributed by atoms with Gasteiger partial charge in [-0.25, -0.2) is 0 Å². The van der Waals surface area contributed by atoms with E-state index in [2.05, 4.69) is 0 Å². The molecule has 0 unspecified atom stereocenters. The summed E-state index contributed by atoms with van der Waals surface area (Å²) in [5, 5.41) is 0. The molecule has 0 fully saturated rings. The van der Waals surface area contributed by atoms with Crippen molar-refractivity contribution in [2.24, 2.45) is 0 Å². The minimum absolute atomic E-state index is 0.141. The normalized spacial score (nSPS) is 10.7. The third kappa shape index (κ3) is 4.36. The number of carbonyl (C=O) groups excluding carboxylic acids is 1. The molecule has 0 heterocycles. The van der Waals surface area contributed by atoms with Crippen LogP contribution >= 0.6 is 0 Å². The Balaban J connectivity index is 2.35. The van der Waals surface area contributed by atoms with Gasteiger partial charge in [0, 0.05) is 0 Å². The van der Waals surface area contributed by atoms with Gasteiger partial charge in [0.25, 0.3) is 0 Å². The van der Waals surface area contributed by atoms with Gasteiger partial charge in [0.15, 0.2) is 17.3 Å². The Labute approximate surface area is 154 Å². The number of carbonyl (C=O) groups is 1.